The lowest BCUT2D eigenvalue weighted by atomic mass is 9.98. The van der Waals surface area contributed by atoms with E-state index in [0.717, 1.165) is 11.1 Å². The van der Waals surface area contributed by atoms with Crippen molar-refractivity contribution in [2.45, 2.75) is 19.0 Å². The van der Waals surface area contributed by atoms with Crippen LogP contribution in [0.2, 0.25) is 0 Å². The van der Waals surface area contributed by atoms with Crippen molar-refractivity contribution in [1.29, 1.82) is 0 Å². The first kappa shape index (κ1) is 18.1. The van der Waals surface area contributed by atoms with Gasteiger partial charge in [-0.05, 0) is 30.2 Å². The standard InChI is InChI=1S/C23H22N2O3/c1-16(23(26)25-19-12-13-20-21(14-19)28-15-27-20)24-22(17-8-4-2-5-9-17)18-10-6-3-7-11-18/h2-14,16,22,24H,15H2,1H3,(H,25,26)/t16-/m1/s1. The summed E-state index contributed by atoms with van der Waals surface area (Å²) < 4.78 is 10.7. The average molecular weight is 374 g/mol. The van der Waals surface area contributed by atoms with Crippen molar-refractivity contribution in [2.75, 3.05) is 12.1 Å². The smallest absolute Gasteiger partial charge is 0.241 e. The van der Waals surface area contributed by atoms with Crippen LogP contribution in [0.3, 0.4) is 0 Å². The van der Waals surface area contributed by atoms with Gasteiger partial charge in [0.05, 0.1) is 12.1 Å². The summed E-state index contributed by atoms with van der Waals surface area (Å²) in [6.07, 6.45) is 0. The van der Waals surface area contributed by atoms with Crippen molar-refractivity contribution in [3.8, 4) is 11.5 Å². The number of anilines is 1. The van der Waals surface area contributed by atoms with Crippen LogP contribution in [-0.4, -0.2) is 18.7 Å². The van der Waals surface area contributed by atoms with Crippen LogP contribution in [0.5, 0.6) is 11.5 Å². The molecule has 5 nitrogen and oxygen atoms in total. The van der Waals surface area contributed by atoms with Gasteiger partial charge in [0.2, 0.25) is 12.7 Å². The Morgan fingerprint density at radius 3 is 2.11 bits per heavy atom. The molecule has 2 N–H and O–H groups in total. The van der Waals surface area contributed by atoms with Gasteiger partial charge < -0.3 is 14.8 Å². The molecule has 1 heterocycles. The quantitative estimate of drug-likeness (QED) is 0.681. The highest BCUT2D eigenvalue weighted by Crippen LogP contribution is 2.34. The van der Waals surface area contributed by atoms with E-state index in [1.54, 1.807) is 12.1 Å². The Morgan fingerprint density at radius 1 is 0.857 bits per heavy atom. The molecule has 0 bridgehead atoms. The van der Waals surface area contributed by atoms with Crippen LogP contribution < -0.4 is 20.1 Å². The first-order chi connectivity index (χ1) is 13.7. The van der Waals surface area contributed by atoms with E-state index in [0.29, 0.717) is 17.2 Å². The maximum Gasteiger partial charge on any atom is 0.241 e. The summed E-state index contributed by atoms with van der Waals surface area (Å²) in [7, 11) is 0. The SMILES string of the molecule is C[C@@H](NC(c1ccccc1)c1ccccc1)C(=O)Nc1ccc2c(c1)OCO2. The summed E-state index contributed by atoms with van der Waals surface area (Å²) in [5.74, 6) is 1.22. The second kappa shape index (κ2) is 8.15. The second-order valence-corrected chi connectivity index (χ2v) is 6.70. The Balaban J connectivity index is 1.49. The van der Waals surface area contributed by atoms with Gasteiger partial charge in [0.25, 0.3) is 0 Å². The normalized spacial score (nSPS) is 13.4. The summed E-state index contributed by atoms with van der Waals surface area (Å²) >= 11 is 0. The van der Waals surface area contributed by atoms with Crippen molar-refractivity contribution in [1.82, 2.24) is 5.32 Å². The lowest BCUT2D eigenvalue weighted by molar-refractivity contribution is -0.117. The predicted molar refractivity (Wildman–Crippen MR) is 109 cm³/mol. The highest BCUT2D eigenvalue weighted by Gasteiger charge is 2.21. The van der Waals surface area contributed by atoms with Crippen LogP contribution in [0.15, 0.2) is 78.9 Å². The van der Waals surface area contributed by atoms with Gasteiger partial charge in [-0.1, -0.05) is 60.7 Å². The van der Waals surface area contributed by atoms with Gasteiger partial charge in [0.15, 0.2) is 11.5 Å². The van der Waals surface area contributed by atoms with Crippen molar-refractivity contribution in [3.63, 3.8) is 0 Å². The monoisotopic (exact) mass is 374 g/mol. The van der Waals surface area contributed by atoms with E-state index in [-0.39, 0.29) is 18.7 Å². The Hall–Kier alpha value is -3.31. The van der Waals surface area contributed by atoms with Gasteiger partial charge in [-0.2, -0.15) is 0 Å². The van der Waals surface area contributed by atoms with Crippen LogP contribution in [0.25, 0.3) is 0 Å². The molecule has 0 spiro atoms. The number of ether oxygens (including phenoxy) is 2. The van der Waals surface area contributed by atoms with E-state index in [1.165, 1.54) is 0 Å². The minimum Gasteiger partial charge on any atom is -0.454 e. The molecule has 1 aliphatic heterocycles. The number of fused-ring (bicyclic) bond motifs is 1. The van der Waals surface area contributed by atoms with E-state index < -0.39 is 6.04 Å². The van der Waals surface area contributed by atoms with Gasteiger partial charge in [0.1, 0.15) is 0 Å². The molecule has 0 aliphatic carbocycles. The molecular weight excluding hydrogens is 352 g/mol. The molecule has 0 radical (unpaired) electrons. The van der Waals surface area contributed by atoms with Gasteiger partial charge in [-0.25, -0.2) is 0 Å². The Morgan fingerprint density at radius 2 is 1.46 bits per heavy atom. The molecule has 142 valence electrons. The number of rotatable bonds is 6. The number of amides is 1. The van der Waals surface area contributed by atoms with E-state index >= 15 is 0 Å². The fourth-order valence-electron chi connectivity index (χ4n) is 3.23. The van der Waals surface area contributed by atoms with Crippen LogP contribution in [0, 0.1) is 0 Å². The third-order valence-corrected chi connectivity index (χ3v) is 4.72. The summed E-state index contributed by atoms with van der Waals surface area (Å²) in [5.41, 5.74) is 2.90. The topological polar surface area (TPSA) is 59.6 Å². The molecule has 0 unspecified atom stereocenters. The molecule has 28 heavy (non-hydrogen) atoms. The van der Waals surface area contributed by atoms with E-state index in [9.17, 15) is 4.79 Å². The molecule has 4 rings (SSSR count). The van der Waals surface area contributed by atoms with Crippen LogP contribution in [-0.2, 0) is 4.79 Å². The summed E-state index contributed by atoms with van der Waals surface area (Å²) in [5, 5.41) is 6.40. The van der Waals surface area contributed by atoms with E-state index in [1.807, 2.05) is 49.4 Å². The molecule has 1 amide bonds. The molecule has 0 saturated carbocycles. The lowest BCUT2D eigenvalue weighted by Gasteiger charge is -2.24. The number of benzene rings is 3. The molecule has 0 aromatic heterocycles. The largest absolute Gasteiger partial charge is 0.454 e. The highest BCUT2D eigenvalue weighted by molar-refractivity contribution is 5.95. The number of hydrogen-bond acceptors (Lipinski definition) is 4. The molecule has 5 heteroatoms. The zero-order valence-corrected chi connectivity index (χ0v) is 15.6. The third kappa shape index (κ3) is 4.00. The maximum atomic E-state index is 12.8. The summed E-state index contributed by atoms with van der Waals surface area (Å²) in [6.45, 7) is 2.07. The number of hydrogen-bond donors (Lipinski definition) is 2. The molecule has 3 aromatic carbocycles. The Kier molecular flexibility index (Phi) is 5.26. The lowest BCUT2D eigenvalue weighted by Crippen LogP contribution is -2.40. The zero-order valence-electron chi connectivity index (χ0n) is 15.6. The second-order valence-electron chi connectivity index (χ2n) is 6.70. The fourth-order valence-corrected chi connectivity index (χ4v) is 3.23. The average Bonchev–Trinajstić information content (AvgIpc) is 3.21. The van der Waals surface area contributed by atoms with Crippen molar-refractivity contribution in [3.05, 3.63) is 90.0 Å². The number of nitrogens with one attached hydrogen (secondary N) is 2. The minimum atomic E-state index is -0.407. The van der Waals surface area contributed by atoms with Crippen LogP contribution in [0.1, 0.15) is 24.1 Å². The Labute approximate surface area is 164 Å². The summed E-state index contributed by atoms with van der Waals surface area (Å²) in [6, 6.07) is 25.1. The molecule has 0 saturated heterocycles. The van der Waals surface area contributed by atoms with Gasteiger partial charge in [-0.15, -0.1) is 0 Å². The van der Waals surface area contributed by atoms with Crippen LogP contribution >= 0.6 is 0 Å². The predicted octanol–water partition coefficient (Wildman–Crippen LogP) is 4.12. The van der Waals surface area contributed by atoms with Crippen molar-refractivity contribution in [2.24, 2.45) is 0 Å². The molecule has 3 aromatic rings. The first-order valence-corrected chi connectivity index (χ1v) is 9.27. The zero-order chi connectivity index (χ0) is 19.3. The highest BCUT2D eigenvalue weighted by atomic mass is 16.7. The number of carbonyl (C=O) groups is 1. The molecule has 0 fully saturated rings. The maximum absolute atomic E-state index is 12.8. The van der Waals surface area contributed by atoms with E-state index in [4.69, 9.17) is 9.47 Å². The minimum absolute atomic E-state index is 0.0834. The Bertz CT molecular complexity index is 905. The van der Waals surface area contributed by atoms with Gasteiger partial charge >= 0.3 is 0 Å². The summed E-state index contributed by atoms with van der Waals surface area (Å²) in [4.78, 5) is 12.8. The number of carbonyl (C=O) groups excluding carboxylic acids is 1. The molecular formula is C23H22N2O3. The van der Waals surface area contributed by atoms with E-state index in [2.05, 4.69) is 34.9 Å². The van der Waals surface area contributed by atoms with Gasteiger partial charge in [0, 0.05) is 11.8 Å². The molecule has 1 aliphatic rings. The molecule has 1 atom stereocenters. The van der Waals surface area contributed by atoms with Crippen molar-refractivity contribution >= 4 is 11.6 Å². The van der Waals surface area contributed by atoms with Gasteiger partial charge in [-0.3, -0.25) is 10.1 Å². The fraction of sp³-hybridized carbons (Fsp3) is 0.174. The third-order valence-electron chi connectivity index (χ3n) is 4.72. The van der Waals surface area contributed by atoms with Crippen molar-refractivity contribution < 1.29 is 14.3 Å². The first-order valence-electron chi connectivity index (χ1n) is 9.27. The van der Waals surface area contributed by atoms with Crippen LogP contribution in [0.4, 0.5) is 5.69 Å².